The second-order valence-corrected chi connectivity index (χ2v) is 5.18. The lowest BCUT2D eigenvalue weighted by atomic mass is 9.95. The molecule has 0 amide bonds. The molecule has 0 aliphatic carbocycles. The molecule has 1 saturated heterocycles. The summed E-state index contributed by atoms with van der Waals surface area (Å²) in [5, 5.41) is 0. The van der Waals surface area contributed by atoms with Crippen LogP contribution in [0.25, 0.3) is 0 Å². The highest BCUT2D eigenvalue weighted by atomic mass is 16.7. The summed E-state index contributed by atoms with van der Waals surface area (Å²) in [6, 6.07) is 0. The molecule has 96 valence electrons. The summed E-state index contributed by atoms with van der Waals surface area (Å²) in [7, 11) is 0. The van der Waals surface area contributed by atoms with E-state index >= 15 is 0 Å². The third-order valence-electron chi connectivity index (χ3n) is 3.49. The van der Waals surface area contributed by atoms with E-state index in [1.54, 1.807) is 0 Å². The first-order valence-corrected chi connectivity index (χ1v) is 6.99. The van der Waals surface area contributed by atoms with Crippen molar-refractivity contribution in [3.05, 3.63) is 0 Å². The Morgan fingerprint density at radius 1 is 1.00 bits per heavy atom. The lowest BCUT2D eigenvalue weighted by Gasteiger charge is -2.36. The van der Waals surface area contributed by atoms with E-state index < -0.39 is 0 Å². The molecule has 0 bridgehead atoms. The van der Waals surface area contributed by atoms with E-state index in [0.717, 1.165) is 32.5 Å². The lowest BCUT2D eigenvalue weighted by Crippen LogP contribution is -2.40. The van der Waals surface area contributed by atoms with Crippen LogP contribution < -0.4 is 0 Å². The Bertz CT molecular complexity index is 170. The van der Waals surface area contributed by atoms with Crippen LogP contribution in [-0.2, 0) is 9.47 Å². The molecule has 16 heavy (non-hydrogen) atoms. The zero-order valence-electron chi connectivity index (χ0n) is 11.3. The van der Waals surface area contributed by atoms with Gasteiger partial charge >= 0.3 is 0 Å². The molecule has 0 aromatic carbocycles. The van der Waals surface area contributed by atoms with Gasteiger partial charge in [0, 0.05) is 12.3 Å². The summed E-state index contributed by atoms with van der Waals surface area (Å²) in [6.07, 6.45) is 8.49. The Morgan fingerprint density at radius 3 is 2.12 bits per heavy atom. The van der Waals surface area contributed by atoms with Crippen LogP contribution in [-0.4, -0.2) is 19.0 Å². The van der Waals surface area contributed by atoms with Gasteiger partial charge in [-0.3, -0.25) is 0 Å². The van der Waals surface area contributed by atoms with Gasteiger partial charge in [0.2, 0.25) is 0 Å². The topological polar surface area (TPSA) is 18.5 Å². The van der Waals surface area contributed by atoms with E-state index in [4.69, 9.17) is 9.47 Å². The van der Waals surface area contributed by atoms with E-state index in [1.165, 1.54) is 25.7 Å². The molecule has 1 heterocycles. The minimum atomic E-state index is -0.287. The van der Waals surface area contributed by atoms with Crippen LogP contribution >= 0.6 is 0 Å². The molecule has 1 aliphatic rings. The van der Waals surface area contributed by atoms with E-state index in [1.807, 2.05) is 0 Å². The third kappa shape index (κ3) is 4.06. The Labute approximate surface area is 101 Å². The molecule has 1 aliphatic heterocycles. The first kappa shape index (κ1) is 14.0. The smallest absolute Gasteiger partial charge is 0.170 e. The summed E-state index contributed by atoms with van der Waals surface area (Å²) < 4.78 is 12.0. The van der Waals surface area contributed by atoms with Gasteiger partial charge < -0.3 is 9.47 Å². The highest BCUT2D eigenvalue weighted by Gasteiger charge is 2.36. The fourth-order valence-electron chi connectivity index (χ4n) is 2.30. The number of hydrogen-bond donors (Lipinski definition) is 0. The van der Waals surface area contributed by atoms with Gasteiger partial charge in [-0.2, -0.15) is 0 Å². The minimum absolute atomic E-state index is 0.287. The average Bonchev–Trinajstić information content (AvgIpc) is 2.51. The first-order chi connectivity index (χ1) is 7.71. The van der Waals surface area contributed by atoms with Crippen molar-refractivity contribution >= 4 is 0 Å². The Morgan fingerprint density at radius 2 is 1.62 bits per heavy atom. The molecule has 1 fully saturated rings. The van der Waals surface area contributed by atoms with Crippen LogP contribution in [0.1, 0.15) is 65.7 Å². The monoisotopic (exact) mass is 228 g/mol. The van der Waals surface area contributed by atoms with Crippen molar-refractivity contribution in [1.82, 2.24) is 0 Å². The Kier molecular flexibility index (Phi) is 6.37. The third-order valence-corrected chi connectivity index (χ3v) is 3.49. The maximum absolute atomic E-state index is 6.01. The van der Waals surface area contributed by atoms with Crippen molar-refractivity contribution in [2.24, 2.45) is 5.92 Å². The Hall–Kier alpha value is -0.0800. The molecule has 2 heteroatoms. The Balaban J connectivity index is 2.43. The van der Waals surface area contributed by atoms with Crippen molar-refractivity contribution in [2.75, 3.05) is 13.2 Å². The number of rotatable bonds is 6. The second-order valence-electron chi connectivity index (χ2n) is 5.18. The minimum Gasteiger partial charge on any atom is -0.350 e. The fourth-order valence-corrected chi connectivity index (χ4v) is 2.30. The summed E-state index contributed by atoms with van der Waals surface area (Å²) >= 11 is 0. The molecular formula is C14H28O2. The standard InChI is InChI=1S/C14H28O2/c1-4-5-6-7-10-14(13(2)3)15-11-8-9-12-16-14/h13H,4-12H2,1-3H3. The summed E-state index contributed by atoms with van der Waals surface area (Å²) in [5.74, 6) is 0.164. The lowest BCUT2D eigenvalue weighted by molar-refractivity contribution is -0.255. The fraction of sp³-hybridized carbons (Fsp3) is 1.00. The quantitative estimate of drug-likeness (QED) is 0.636. The van der Waals surface area contributed by atoms with Gasteiger partial charge in [0.1, 0.15) is 0 Å². The first-order valence-electron chi connectivity index (χ1n) is 6.99. The summed E-state index contributed by atoms with van der Waals surface area (Å²) in [4.78, 5) is 0. The molecule has 0 radical (unpaired) electrons. The molecule has 0 unspecified atom stereocenters. The van der Waals surface area contributed by atoms with Crippen LogP contribution in [0.3, 0.4) is 0 Å². The molecule has 0 atom stereocenters. The van der Waals surface area contributed by atoms with Crippen molar-refractivity contribution < 1.29 is 9.47 Å². The zero-order chi connectivity index (χ0) is 11.9. The largest absolute Gasteiger partial charge is 0.350 e. The van der Waals surface area contributed by atoms with Gasteiger partial charge in [0.15, 0.2) is 5.79 Å². The average molecular weight is 228 g/mol. The van der Waals surface area contributed by atoms with Gasteiger partial charge in [-0.15, -0.1) is 0 Å². The van der Waals surface area contributed by atoms with Crippen LogP contribution in [0, 0.1) is 5.92 Å². The number of hydrogen-bond acceptors (Lipinski definition) is 2. The van der Waals surface area contributed by atoms with Gasteiger partial charge in [-0.1, -0.05) is 40.0 Å². The molecular weight excluding hydrogens is 200 g/mol. The number of unbranched alkanes of at least 4 members (excludes halogenated alkanes) is 3. The van der Waals surface area contributed by atoms with Crippen LogP contribution in [0.2, 0.25) is 0 Å². The molecule has 1 rings (SSSR count). The molecule has 0 saturated carbocycles. The SMILES string of the molecule is CCCCCCC1(C(C)C)OCCCCO1. The highest BCUT2D eigenvalue weighted by molar-refractivity contribution is 4.76. The van der Waals surface area contributed by atoms with E-state index in [-0.39, 0.29) is 5.79 Å². The maximum Gasteiger partial charge on any atom is 0.170 e. The second kappa shape index (κ2) is 7.29. The van der Waals surface area contributed by atoms with Crippen LogP contribution in [0.4, 0.5) is 0 Å². The number of ether oxygens (including phenoxy) is 2. The van der Waals surface area contributed by atoms with Gasteiger partial charge in [0.25, 0.3) is 0 Å². The molecule has 2 nitrogen and oxygen atoms in total. The summed E-state index contributed by atoms with van der Waals surface area (Å²) in [6.45, 7) is 8.41. The normalized spacial score (nSPS) is 21.0. The van der Waals surface area contributed by atoms with Crippen LogP contribution in [0.15, 0.2) is 0 Å². The van der Waals surface area contributed by atoms with Crippen molar-refractivity contribution in [3.8, 4) is 0 Å². The molecule has 0 spiro atoms. The van der Waals surface area contributed by atoms with Crippen LogP contribution in [0.5, 0.6) is 0 Å². The van der Waals surface area contributed by atoms with Gasteiger partial charge in [-0.05, 0) is 19.3 Å². The molecule has 0 N–H and O–H groups in total. The maximum atomic E-state index is 6.01. The zero-order valence-corrected chi connectivity index (χ0v) is 11.3. The predicted molar refractivity (Wildman–Crippen MR) is 67.5 cm³/mol. The predicted octanol–water partition coefficient (Wildman–Crippen LogP) is 4.14. The highest BCUT2D eigenvalue weighted by Crippen LogP contribution is 2.32. The molecule has 0 aromatic heterocycles. The van der Waals surface area contributed by atoms with Gasteiger partial charge in [-0.25, -0.2) is 0 Å². The van der Waals surface area contributed by atoms with Crippen molar-refractivity contribution in [3.63, 3.8) is 0 Å². The van der Waals surface area contributed by atoms with E-state index in [2.05, 4.69) is 20.8 Å². The van der Waals surface area contributed by atoms with E-state index in [9.17, 15) is 0 Å². The van der Waals surface area contributed by atoms with Gasteiger partial charge in [0.05, 0.1) is 13.2 Å². The molecule has 0 aromatic rings. The van der Waals surface area contributed by atoms with Crippen molar-refractivity contribution in [1.29, 1.82) is 0 Å². The van der Waals surface area contributed by atoms with E-state index in [0.29, 0.717) is 5.92 Å². The van der Waals surface area contributed by atoms with Crippen molar-refractivity contribution in [2.45, 2.75) is 71.5 Å². The summed E-state index contributed by atoms with van der Waals surface area (Å²) in [5.41, 5.74) is 0.